The van der Waals surface area contributed by atoms with E-state index in [1.165, 1.54) is 12.8 Å². The molecule has 2 atom stereocenters. The molecule has 5 heteroatoms. The van der Waals surface area contributed by atoms with Gasteiger partial charge in [0.1, 0.15) is 0 Å². The van der Waals surface area contributed by atoms with Crippen molar-refractivity contribution in [2.24, 2.45) is 0 Å². The summed E-state index contributed by atoms with van der Waals surface area (Å²) >= 11 is 3.25. The number of likely N-dealkylation sites (N-methyl/N-ethyl adjacent to an activating group) is 1. The lowest BCUT2D eigenvalue weighted by Crippen LogP contribution is -2.47. The monoisotopic (exact) mass is 326 g/mol. The van der Waals surface area contributed by atoms with Crippen LogP contribution in [0.15, 0.2) is 21.2 Å². The summed E-state index contributed by atoms with van der Waals surface area (Å²) in [5.41, 5.74) is 0. The number of hydrogen-bond acceptors (Lipinski definition) is 3. The second-order valence-electron chi connectivity index (χ2n) is 5.50. The van der Waals surface area contributed by atoms with Gasteiger partial charge in [-0.1, -0.05) is 0 Å². The van der Waals surface area contributed by atoms with E-state index in [1.54, 1.807) is 12.1 Å². The third-order valence-electron chi connectivity index (χ3n) is 4.37. The molecule has 0 radical (unpaired) electrons. The average molecular weight is 327 g/mol. The smallest absolute Gasteiger partial charge is 0.289 e. The number of carbonyl (C=O) groups is 1. The average Bonchev–Trinajstić information content (AvgIpc) is 3.07. The SMILES string of the molecule is CN1CCC[C@@H]1[C@@H]1CCCN1C(=O)c1ccc(Br)o1. The fraction of sp³-hybridized carbons (Fsp3) is 0.643. The summed E-state index contributed by atoms with van der Waals surface area (Å²) in [7, 11) is 2.17. The third kappa shape index (κ3) is 2.46. The number of halogens is 1. The molecule has 2 aliphatic rings. The van der Waals surface area contributed by atoms with Crippen LogP contribution in [-0.2, 0) is 0 Å². The summed E-state index contributed by atoms with van der Waals surface area (Å²) in [4.78, 5) is 16.9. The number of hydrogen-bond donors (Lipinski definition) is 0. The number of likely N-dealkylation sites (tertiary alicyclic amines) is 2. The van der Waals surface area contributed by atoms with Crippen molar-refractivity contribution in [1.29, 1.82) is 0 Å². The van der Waals surface area contributed by atoms with Crippen LogP contribution in [0, 0.1) is 0 Å². The predicted molar refractivity (Wildman–Crippen MR) is 76.1 cm³/mol. The second-order valence-corrected chi connectivity index (χ2v) is 6.28. The molecule has 0 aliphatic carbocycles. The minimum atomic E-state index is 0.0356. The van der Waals surface area contributed by atoms with Crippen LogP contribution in [-0.4, -0.2) is 47.9 Å². The molecular formula is C14H19BrN2O2. The van der Waals surface area contributed by atoms with Crippen LogP contribution in [0.25, 0.3) is 0 Å². The van der Waals surface area contributed by atoms with E-state index in [9.17, 15) is 4.79 Å². The van der Waals surface area contributed by atoms with E-state index in [0.29, 0.717) is 22.5 Å². The first-order valence-corrected chi connectivity index (χ1v) is 7.72. The first kappa shape index (κ1) is 13.2. The van der Waals surface area contributed by atoms with Gasteiger partial charge in [-0.05, 0) is 67.3 Å². The van der Waals surface area contributed by atoms with E-state index in [0.717, 1.165) is 25.9 Å². The summed E-state index contributed by atoms with van der Waals surface area (Å²) in [5.74, 6) is 0.480. The Morgan fingerprint density at radius 3 is 2.63 bits per heavy atom. The van der Waals surface area contributed by atoms with Gasteiger partial charge in [-0.2, -0.15) is 0 Å². The fourth-order valence-corrected chi connectivity index (χ4v) is 3.74. The zero-order chi connectivity index (χ0) is 13.4. The normalized spacial score (nSPS) is 28.2. The minimum Gasteiger partial charge on any atom is -0.444 e. The Morgan fingerprint density at radius 1 is 1.26 bits per heavy atom. The topological polar surface area (TPSA) is 36.7 Å². The molecule has 1 amide bonds. The summed E-state index contributed by atoms with van der Waals surface area (Å²) < 4.78 is 6.02. The van der Waals surface area contributed by atoms with E-state index >= 15 is 0 Å². The van der Waals surface area contributed by atoms with Crippen LogP contribution < -0.4 is 0 Å². The summed E-state index contributed by atoms with van der Waals surface area (Å²) in [6, 6.07) is 4.40. The molecule has 0 aromatic carbocycles. The fourth-order valence-electron chi connectivity index (χ4n) is 3.44. The van der Waals surface area contributed by atoms with Crippen LogP contribution in [0.5, 0.6) is 0 Å². The van der Waals surface area contributed by atoms with Gasteiger partial charge >= 0.3 is 0 Å². The van der Waals surface area contributed by atoms with Gasteiger partial charge in [0.2, 0.25) is 0 Å². The van der Waals surface area contributed by atoms with Crippen molar-refractivity contribution in [3.05, 3.63) is 22.6 Å². The molecule has 2 fully saturated rings. The molecule has 0 N–H and O–H groups in total. The number of amides is 1. The summed E-state index contributed by atoms with van der Waals surface area (Å²) in [5, 5.41) is 0. The van der Waals surface area contributed by atoms with Crippen molar-refractivity contribution < 1.29 is 9.21 Å². The number of carbonyl (C=O) groups excluding carboxylic acids is 1. The van der Waals surface area contributed by atoms with Crippen LogP contribution in [0.1, 0.15) is 36.2 Å². The molecule has 1 aromatic heterocycles. The standard InChI is InChI=1S/C14H19BrN2O2/c1-16-8-2-4-10(16)11-5-3-9-17(11)14(18)12-6-7-13(15)19-12/h6-7,10-11H,2-5,8-9H2,1H3/t10-,11+/m1/s1. The van der Waals surface area contributed by atoms with Gasteiger partial charge in [0.15, 0.2) is 10.4 Å². The second kappa shape index (κ2) is 5.29. The van der Waals surface area contributed by atoms with Crippen molar-refractivity contribution in [2.75, 3.05) is 20.1 Å². The van der Waals surface area contributed by atoms with Gasteiger partial charge in [-0.3, -0.25) is 4.79 Å². The summed E-state index contributed by atoms with van der Waals surface area (Å²) in [6.07, 6.45) is 4.66. The molecule has 3 rings (SSSR count). The van der Waals surface area contributed by atoms with Crippen molar-refractivity contribution in [3.8, 4) is 0 Å². The zero-order valence-electron chi connectivity index (χ0n) is 11.1. The number of furan rings is 1. The van der Waals surface area contributed by atoms with Gasteiger partial charge < -0.3 is 14.2 Å². The maximum absolute atomic E-state index is 12.5. The lowest BCUT2D eigenvalue weighted by atomic mass is 10.0. The molecule has 19 heavy (non-hydrogen) atoms. The van der Waals surface area contributed by atoms with E-state index < -0.39 is 0 Å². The Morgan fingerprint density at radius 2 is 2.00 bits per heavy atom. The van der Waals surface area contributed by atoms with Gasteiger partial charge in [0.05, 0.1) is 0 Å². The zero-order valence-corrected chi connectivity index (χ0v) is 12.7. The van der Waals surface area contributed by atoms with Crippen molar-refractivity contribution >= 4 is 21.8 Å². The van der Waals surface area contributed by atoms with Crippen LogP contribution in [0.3, 0.4) is 0 Å². The molecule has 4 nitrogen and oxygen atoms in total. The Labute approximate surface area is 121 Å². The molecule has 3 heterocycles. The predicted octanol–water partition coefficient (Wildman–Crippen LogP) is 2.74. The molecular weight excluding hydrogens is 308 g/mol. The molecule has 104 valence electrons. The largest absolute Gasteiger partial charge is 0.444 e. The maximum atomic E-state index is 12.5. The first-order chi connectivity index (χ1) is 9.16. The lowest BCUT2D eigenvalue weighted by Gasteiger charge is -2.32. The number of nitrogens with zero attached hydrogens (tertiary/aromatic N) is 2. The Bertz CT molecular complexity index is 474. The van der Waals surface area contributed by atoms with Crippen molar-refractivity contribution in [3.63, 3.8) is 0 Å². The van der Waals surface area contributed by atoms with Gasteiger partial charge in [0.25, 0.3) is 5.91 Å². The molecule has 2 saturated heterocycles. The van der Waals surface area contributed by atoms with Crippen LogP contribution >= 0.6 is 15.9 Å². The molecule has 0 bridgehead atoms. The lowest BCUT2D eigenvalue weighted by molar-refractivity contribution is 0.0631. The maximum Gasteiger partial charge on any atom is 0.289 e. The van der Waals surface area contributed by atoms with Gasteiger partial charge in [-0.15, -0.1) is 0 Å². The van der Waals surface area contributed by atoms with Crippen LogP contribution in [0.4, 0.5) is 0 Å². The third-order valence-corrected chi connectivity index (χ3v) is 4.79. The highest BCUT2D eigenvalue weighted by Gasteiger charge is 2.39. The molecule has 0 spiro atoms. The highest BCUT2D eigenvalue weighted by atomic mass is 79.9. The highest BCUT2D eigenvalue weighted by molar-refractivity contribution is 9.10. The van der Waals surface area contributed by atoms with Crippen molar-refractivity contribution in [1.82, 2.24) is 9.80 Å². The van der Waals surface area contributed by atoms with Gasteiger partial charge in [-0.25, -0.2) is 0 Å². The minimum absolute atomic E-state index is 0.0356. The molecule has 0 saturated carbocycles. The molecule has 1 aromatic rings. The summed E-state index contributed by atoms with van der Waals surface area (Å²) in [6.45, 7) is 2.00. The first-order valence-electron chi connectivity index (χ1n) is 6.93. The highest BCUT2D eigenvalue weighted by Crippen LogP contribution is 2.30. The Hall–Kier alpha value is -0.810. The van der Waals surface area contributed by atoms with E-state index in [2.05, 4.69) is 27.9 Å². The van der Waals surface area contributed by atoms with E-state index in [4.69, 9.17) is 4.42 Å². The number of rotatable bonds is 2. The van der Waals surface area contributed by atoms with Crippen molar-refractivity contribution in [2.45, 2.75) is 37.8 Å². The van der Waals surface area contributed by atoms with Gasteiger partial charge in [0, 0.05) is 18.6 Å². The molecule has 2 aliphatic heterocycles. The van der Waals surface area contributed by atoms with Crippen LogP contribution in [0.2, 0.25) is 0 Å². The van der Waals surface area contributed by atoms with E-state index in [-0.39, 0.29) is 5.91 Å². The Kier molecular flexibility index (Phi) is 3.67. The Balaban J connectivity index is 1.77. The van der Waals surface area contributed by atoms with E-state index in [1.807, 2.05) is 4.90 Å². The quantitative estimate of drug-likeness (QED) is 0.838. The molecule has 0 unspecified atom stereocenters.